The number of rotatable bonds is 3. The van der Waals surface area contributed by atoms with Crippen molar-refractivity contribution in [2.45, 2.75) is 18.8 Å². The third kappa shape index (κ3) is 4.24. The Kier molecular flexibility index (Phi) is 4.40. The fourth-order valence-corrected chi connectivity index (χ4v) is 1.15. The smallest absolute Gasteiger partial charge is 0.348 e. The van der Waals surface area contributed by atoms with Crippen molar-refractivity contribution in [2.75, 3.05) is 6.54 Å². The standard InChI is InChI=1S/C9H7F6N3O2/c10-8(11,12)6(19)16-2-1-5-3-18(4-17-5)7(20)9(13,14)15/h3-4H,1-2H2,(H,16,19). The molecule has 1 N–H and O–H groups in total. The molecule has 0 aliphatic rings. The Balaban J connectivity index is 2.54. The molecule has 1 heterocycles. The van der Waals surface area contributed by atoms with E-state index in [4.69, 9.17) is 0 Å². The van der Waals surface area contributed by atoms with Crippen LogP contribution >= 0.6 is 0 Å². The van der Waals surface area contributed by atoms with Gasteiger partial charge in [0, 0.05) is 19.2 Å². The lowest BCUT2D eigenvalue weighted by molar-refractivity contribution is -0.173. The van der Waals surface area contributed by atoms with Crippen molar-refractivity contribution in [3.8, 4) is 0 Å². The lowest BCUT2D eigenvalue weighted by atomic mass is 10.3. The molecule has 0 aliphatic carbocycles. The predicted molar refractivity (Wildman–Crippen MR) is 51.7 cm³/mol. The molecule has 0 aliphatic heterocycles. The van der Waals surface area contributed by atoms with E-state index in [1.165, 1.54) is 5.32 Å². The molecule has 1 aromatic rings. The minimum Gasteiger partial charge on any atom is -0.348 e. The van der Waals surface area contributed by atoms with Crippen LogP contribution in [0.5, 0.6) is 0 Å². The van der Waals surface area contributed by atoms with E-state index in [1.807, 2.05) is 0 Å². The Hall–Kier alpha value is -2.07. The number of amides is 1. The highest BCUT2D eigenvalue weighted by Gasteiger charge is 2.40. The maximum atomic E-state index is 12.1. The van der Waals surface area contributed by atoms with Gasteiger partial charge in [-0.25, -0.2) is 4.98 Å². The Morgan fingerprint density at radius 1 is 1.15 bits per heavy atom. The first-order valence-corrected chi connectivity index (χ1v) is 5.01. The van der Waals surface area contributed by atoms with E-state index in [2.05, 4.69) is 4.98 Å². The van der Waals surface area contributed by atoms with Crippen LogP contribution in [0, 0.1) is 0 Å². The monoisotopic (exact) mass is 303 g/mol. The average Bonchev–Trinajstić information content (AvgIpc) is 2.74. The number of nitrogens with zero attached hydrogens (tertiary/aromatic N) is 2. The summed E-state index contributed by atoms with van der Waals surface area (Å²) in [4.78, 5) is 24.6. The zero-order chi connectivity index (χ0) is 15.6. The van der Waals surface area contributed by atoms with Gasteiger partial charge in [0.25, 0.3) is 0 Å². The van der Waals surface area contributed by atoms with Crippen molar-refractivity contribution < 1.29 is 35.9 Å². The van der Waals surface area contributed by atoms with Gasteiger partial charge in [-0.15, -0.1) is 0 Å². The van der Waals surface area contributed by atoms with Crippen LogP contribution in [0.25, 0.3) is 0 Å². The van der Waals surface area contributed by atoms with Crippen molar-refractivity contribution in [3.63, 3.8) is 0 Å². The molecular weight excluding hydrogens is 296 g/mol. The minimum atomic E-state index is -5.08. The lowest BCUT2D eigenvalue weighted by Gasteiger charge is -2.06. The molecule has 0 spiro atoms. The Morgan fingerprint density at radius 3 is 2.25 bits per heavy atom. The molecule has 5 nitrogen and oxygen atoms in total. The summed E-state index contributed by atoms with van der Waals surface area (Å²) in [5.41, 5.74) is -0.0647. The number of halogens is 6. The molecule has 112 valence electrons. The van der Waals surface area contributed by atoms with Gasteiger partial charge in [-0.3, -0.25) is 14.2 Å². The van der Waals surface area contributed by atoms with Gasteiger partial charge in [0.15, 0.2) is 0 Å². The van der Waals surface area contributed by atoms with Crippen LogP contribution in [0.3, 0.4) is 0 Å². The zero-order valence-corrected chi connectivity index (χ0v) is 9.55. The normalized spacial score (nSPS) is 12.3. The first-order chi connectivity index (χ1) is 9.01. The summed E-state index contributed by atoms with van der Waals surface area (Å²) < 4.78 is 71.8. The predicted octanol–water partition coefficient (Wildman–Crippen LogP) is 1.31. The Bertz CT molecular complexity index is 505. The fraction of sp³-hybridized carbons (Fsp3) is 0.444. The largest absolute Gasteiger partial charge is 0.472 e. The van der Waals surface area contributed by atoms with E-state index < -0.39 is 30.7 Å². The summed E-state index contributed by atoms with van der Waals surface area (Å²) in [6.45, 7) is -0.477. The van der Waals surface area contributed by atoms with E-state index >= 15 is 0 Å². The van der Waals surface area contributed by atoms with Crippen LogP contribution in [0.4, 0.5) is 26.3 Å². The van der Waals surface area contributed by atoms with E-state index in [0.29, 0.717) is 6.33 Å². The second-order valence-corrected chi connectivity index (χ2v) is 3.58. The number of alkyl halides is 6. The van der Waals surface area contributed by atoms with Crippen molar-refractivity contribution in [1.82, 2.24) is 14.9 Å². The first-order valence-electron chi connectivity index (χ1n) is 5.01. The minimum absolute atomic E-state index is 0.0647. The molecular formula is C9H7F6N3O2. The molecule has 0 fully saturated rings. The highest BCUT2D eigenvalue weighted by molar-refractivity contribution is 5.84. The van der Waals surface area contributed by atoms with Gasteiger partial charge in [0.1, 0.15) is 6.33 Å². The summed E-state index contributed by atoms with van der Waals surface area (Å²) in [7, 11) is 0. The molecule has 0 atom stereocenters. The molecule has 1 amide bonds. The SMILES string of the molecule is O=C(NCCc1cn(C(=O)C(F)(F)F)cn1)C(F)(F)F. The molecule has 0 bridgehead atoms. The fourth-order valence-electron chi connectivity index (χ4n) is 1.15. The molecule has 1 aromatic heterocycles. The highest BCUT2D eigenvalue weighted by Crippen LogP contribution is 2.17. The number of carbonyl (C=O) groups is 2. The summed E-state index contributed by atoms with van der Waals surface area (Å²) in [6.07, 6.45) is -9.04. The summed E-state index contributed by atoms with van der Waals surface area (Å²) >= 11 is 0. The molecule has 0 saturated heterocycles. The van der Waals surface area contributed by atoms with E-state index in [1.54, 1.807) is 0 Å². The van der Waals surface area contributed by atoms with Crippen LogP contribution in [0.2, 0.25) is 0 Å². The molecule has 0 unspecified atom stereocenters. The number of aromatic nitrogens is 2. The van der Waals surface area contributed by atoms with Crippen LogP contribution in [-0.2, 0) is 11.2 Å². The summed E-state index contributed by atoms with van der Waals surface area (Å²) in [6, 6.07) is 0. The van der Waals surface area contributed by atoms with Crippen molar-refractivity contribution >= 4 is 11.8 Å². The number of hydrogen-bond donors (Lipinski definition) is 1. The molecule has 20 heavy (non-hydrogen) atoms. The number of carbonyl (C=O) groups excluding carboxylic acids is 2. The van der Waals surface area contributed by atoms with Crippen LogP contribution < -0.4 is 5.32 Å². The van der Waals surface area contributed by atoms with Crippen LogP contribution in [0.15, 0.2) is 12.5 Å². The third-order valence-corrected chi connectivity index (χ3v) is 2.04. The zero-order valence-electron chi connectivity index (χ0n) is 9.55. The number of hydrogen-bond acceptors (Lipinski definition) is 3. The maximum absolute atomic E-state index is 12.1. The van der Waals surface area contributed by atoms with Crippen molar-refractivity contribution in [3.05, 3.63) is 18.2 Å². The molecule has 1 rings (SSSR count). The van der Waals surface area contributed by atoms with Gasteiger partial charge in [-0.2, -0.15) is 26.3 Å². The van der Waals surface area contributed by atoms with E-state index in [9.17, 15) is 35.9 Å². The van der Waals surface area contributed by atoms with Gasteiger partial charge < -0.3 is 5.32 Å². The third-order valence-electron chi connectivity index (χ3n) is 2.04. The van der Waals surface area contributed by atoms with Crippen LogP contribution in [0.1, 0.15) is 10.5 Å². The average molecular weight is 303 g/mol. The molecule has 0 saturated carbocycles. The quantitative estimate of drug-likeness (QED) is 0.856. The Morgan fingerprint density at radius 2 is 1.75 bits per heavy atom. The topological polar surface area (TPSA) is 64.0 Å². The molecule has 11 heteroatoms. The molecule has 0 radical (unpaired) electrons. The van der Waals surface area contributed by atoms with Gasteiger partial charge in [-0.05, 0) is 0 Å². The summed E-state index contributed by atoms with van der Waals surface area (Å²) in [5, 5.41) is 1.52. The second-order valence-electron chi connectivity index (χ2n) is 3.58. The van der Waals surface area contributed by atoms with Gasteiger partial charge >= 0.3 is 24.2 Å². The van der Waals surface area contributed by atoms with Crippen LogP contribution in [-0.4, -0.2) is 40.3 Å². The second kappa shape index (κ2) is 5.51. The number of imidazole rings is 1. The highest BCUT2D eigenvalue weighted by atomic mass is 19.4. The summed E-state index contributed by atoms with van der Waals surface area (Å²) in [5.74, 6) is -4.33. The van der Waals surface area contributed by atoms with Crippen molar-refractivity contribution in [1.29, 1.82) is 0 Å². The molecule has 0 aromatic carbocycles. The number of nitrogens with one attached hydrogen (secondary N) is 1. The first kappa shape index (κ1) is 16.0. The van der Waals surface area contributed by atoms with E-state index in [0.717, 1.165) is 6.20 Å². The van der Waals surface area contributed by atoms with Gasteiger partial charge in [0.05, 0.1) is 5.69 Å². The van der Waals surface area contributed by atoms with Gasteiger partial charge in [-0.1, -0.05) is 0 Å². The maximum Gasteiger partial charge on any atom is 0.472 e. The Labute approximate surface area is 107 Å². The van der Waals surface area contributed by atoms with Crippen molar-refractivity contribution in [2.24, 2.45) is 0 Å². The lowest BCUT2D eigenvalue weighted by Crippen LogP contribution is -2.37. The van der Waals surface area contributed by atoms with E-state index in [-0.39, 0.29) is 16.7 Å². The van der Waals surface area contributed by atoms with Gasteiger partial charge in [0.2, 0.25) is 0 Å².